The number of rotatable bonds is 7. The van der Waals surface area contributed by atoms with Crippen LogP contribution in [0, 0.1) is 6.92 Å². The molecular weight excluding hydrogens is 486 g/mol. The predicted molar refractivity (Wildman–Crippen MR) is 134 cm³/mol. The lowest BCUT2D eigenvalue weighted by molar-refractivity contribution is 0.102. The summed E-state index contributed by atoms with van der Waals surface area (Å²) in [5.74, 6) is 0.0878. The van der Waals surface area contributed by atoms with E-state index >= 15 is 0 Å². The zero-order valence-corrected chi connectivity index (χ0v) is 20.1. The van der Waals surface area contributed by atoms with Gasteiger partial charge in [0.25, 0.3) is 12.3 Å². The van der Waals surface area contributed by atoms with Crippen molar-refractivity contribution in [3.63, 3.8) is 0 Å². The second-order valence-corrected chi connectivity index (χ2v) is 9.09. The third kappa shape index (κ3) is 4.65. The van der Waals surface area contributed by atoms with Gasteiger partial charge in [-0.25, -0.2) is 23.7 Å². The van der Waals surface area contributed by atoms with Gasteiger partial charge in [-0.05, 0) is 13.0 Å². The van der Waals surface area contributed by atoms with Crippen LogP contribution in [0.1, 0.15) is 14.7 Å². The first-order chi connectivity index (χ1) is 17.4. The topological polar surface area (TPSA) is 94.8 Å². The van der Waals surface area contributed by atoms with E-state index in [9.17, 15) is 13.6 Å². The summed E-state index contributed by atoms with van der Waals surface area (Å²) in [6.45, 7) is 1.27. The highest BCUT2D eigenvalue weighted by atomic mass is 32.1. The minimum Gasteiger partial charge on any atom is -0.494 e. The molecule has 5 rings (SSSR count). The van der Waals surface area contributed by atoms with Crippen LogP contribution >= 0.6 is 11.3 Å². The molecule has 2 aromatic carbocycles. The van der Waals surface area contributed by atoms with E-state index in [2.05, 4.69) is 25.4 Å². The van der Waals surface area contributed by atoms with E-state index in [1.54, 1.807) is 18.3 Å². The van der Waals surface area contributed by atoms with Gasteiger partial charge >= 0.3 is 0 Å². The van der Waals surface area contributed by atoms with E-state index in [1.165, 1.54) is 35.7 Å². The molecule has 11 heteroatoms. The van der Waals surface area contributed by atoms with Crippen molar-refractivity contribution in [3.8, 4) is 28.3 Å². The first kappa shape index (κ1) is 23.5. The number of carbonyl (C=O) groups excluding carboxylic acids is 1. The number of nitrogens with one attached hydrogen (secondary N) is 1. The number of carbonyl (C=O) groups is 1. The molecule has 3 aromatic heterocycles. The van der Waals surface area contributed by atoms with Gasteiger partial charge in [0.15, 0.2) is 0 Å². The number of alkyl halides is 2. The molecule has 0 saturated heterocycles. The van der Waals surface area contributed by atoms with Crippen molar-refractivity contribution in [2.45, 2.75) is 19.9 Å². The number of benzene rings is 2. The normalized spacial score (nSPS) is 11.2. The van der Waals surface area contributed by atoms with E-state index in [1.807, 2.05) is 37.3 Å². The van der Waals surface area contributed by atoms with E-state index in [4.69, 9.17) is 4.74 Å². The summed E-state index contributed by atoms with van der Waals surface area (Å²) in [6, 6.07) is 12.7. The number of nitrogens with zero attached hydrogens (tertiary/aromatic N) is 5. The molecular formula is C25H20F2N6O2S. The maximum Gasteiger partial charge on any atom is 0.267 e. The van der Waals surface area contributed by atoms with Crippen LogP contribution in [0.15, 0.2) is 61.2 Å². The molecule has 0 unspecified atom stereocenters. The SMILES string of the molecule is COc1cc2ncnc(-c3cn(CC(F)F)nc3-c3ccccc3)c2cc1NC(=O)c1cnc(C)s1. The summed E-state index contributed by atoms with van der Waals surface area (Å²) in [7, 11) is 1.50. The van der Waals surface area contributed by atoms with Crippen molar-refractivity contribution >= 4 is 33.8 Å². The summed E-state index contributed by atoms with van der Waals surface area (Å²) >= 11 is 1.28. The van der Waals surface area contributed by atoms with Crippen LogP contribution in [-0.2, 0) is 6.54 Å². The Bertz CT molecular complexity index is 1550. The number of methoxy groups -OCH3 is 1. The monoisotopic (exact) mass is 506 g/mol. The van der Waals surface area contributed by atoms with E-state index in [0.717, 1.165) is 10.6 Å². The second-order valence-electron chi connectivity index (χ2n) is 7.86. The number of fused-ring (bicyclic) bond motifs is 1. The fraction of sp³-hybridized carbons (Fsp3) is 0.160. The van der Waals surface area contributed by atoms with Crippen molar-refractivity contribution < 1.29 is 18.3 Å². The Morgan fingerprint density at radius 1 is 1.14 bits per heavy atom. The van der Waals surface area contributed by atoms with Gasteiger partial charge in [0.1, 0.15) is 29.2 Å². The lowest BCUT2D eigenvalue weighted by Crippen LogP contribution is -2.11. The standard InChI is InChI=1S/C25H20F2N6O2S/c1-14-28-10-21(36-14)25(34)31-19-8-16-18(9-20(19)35-2)29-13-30-24(16)17-11-33(12-22(26)27)32-23(17)15-6-4-3-5-7-15/h3-11,13,22H,12H2,1-2H3,(H,31,34). The van der Waals surface area contributed by atoms with Crippen molar-refractivity contribution in [2.24, 2.45) is 0 Å². The summed E-state index contributed by atoms with van der Waals surface area (Å²) in [6.07, 6.45) is 1.90. The van der Waals surface area contributed by atoms with E-state index < -0.39 is 13.0 Å². The first-order valence-corrected chi connectivity index (χ1v) is 11.7. The van der Waals surface area contributed by atoms with Crippen LogP contribution in [0.3, 0.4) is 0 Å². The third-order valence-electron chi connectivity index (χ3n) is 5.44. The van der Waals surface area contributed by atoms with Crippen molar-refractivity contribution in [3.05, 3.63) is 71.1 Å². The number of hydrogen-bond acceptors (Lipinski definition) is 7. The average molecular weight is 507 g/mol. The number of aryl methyl sites for hydroxylation is 1. The van der Waals surface area contributed by atoms with E-state index in [0.29, 0.717) is 44.2 Å². The van der Waals surface area contributed by atoms with Crippen LogP contribution in [0.4, 0.5) is 14.5 Å². The van der Waals surface area contributed by atoms with Gasteiger partial charge in [-0.15, -0.1) is 11.3 Å². The van der Waals surface area contributed by atoms with Crippen molar-refractivity contribution in [1.29, 1.82) is 0 Å². The maximum absolute atomic E-state index is 13.2. The number of amides is 1. The molecule has 0 aliphatic carbocycles. The van der Waals surface area contributed by atoms with Gasteiger partial charge in [-0.2, -0.15) is 5.10 Å². The quantitative estimate of drug-likeness (QED) is 0.315. The van der Waals surface area contributed by atoms with Crippen LogP contribution in [0.5, 0.6) is 5.75 Å². The van der Waals surface area contributed by atoms with Crippen LogP contribution in [-0.4, -0.2) is 44.2 Å². The minimum atomic E-state index is -2.56. The molecule has 0 bridgehead atoms. The fourth-order valence-corrected chi connectivity index (χ4v) is 4.53. The smallest absolute Gasteiger partial charge is 0.267 e. The molecule has 8 nitrogen and oxygen atoms in total. The van der Waals surface area contributed by atoms with Gasteiger partial charge in [-0.3, -0.25) is 9.48 Å². The zero-order chi connectivity index (χ0) is 25.2. The Morgan fingerprint density at radius 2 is 1.94 bits per heavy atom. The molecule has 1 amide bonds. The van der Waals surface area contributed by atoms with Gasteiger partial charge < -0.3 is 10.1 Å². The molecule has 0 aliphatic rings. The Hall–Kier alpha value is -4.25. The summed E-state index contributed by atoms with van der Waals surface area (Å²) in [5.41, 5.74) is 3.30. The molecule has 1 N–H and O–H groups in total. The lowest BCUT2D eigenvalue weighted by Gasteiger charge is -2.13. The van der Waals surface area contributed by atoms with Crippen LogP contribution in [0.2, 0.25) is 0 Å². The van der Waals surface area contributed by atoms with Gasteiger partial charge in [0, 0.05) is 28.8 Å². The summed E-state index contributed by atoms with van der Waals surface area (Å²) in [5, 5.41) is 8.67. The molecule has 0 aliphatic heterocycles. The Labute approximate surface area is 208 Å². The molecule has 0 saturated carbocycles. The van der Waals surface area contributed by atoms with Gasteiger partial charge in [0.2, 0.25) is 0 Å². The van der Waals surface area contributed by atoms with Crippen LogP contribution in [0.25, 0.3) is 33.4 Å². The Balaban J connectivity index is 1.65. The Kier molecular flexibility index (Phi) is 6.38. The minimum absolute atomic E-state index is 0.327. The molecule has 0 radical (unpaired) electrons. The highest BCUT2D eigenvalue weighted by Gasteiger charge is 2.20. The highest BCUT2D eigenvalue weighted by Crippen LogP contribution is 2.37. The molecule has 0 fully saturated rings. The number of thiazole rings is 1. The molecule has 5 aromatic rings. The average Bonchev–Trinajstić information content (AvgIpc) is 3.49. The molecule has 3 heterocycles. The first-order valence-electron chi connectivity index (χ1n) is 10.9. The highest BCUT2D eigenvalue weighted by molar-refractivity contribution is 7.13. The molecule has 182 valence electrons. The third-order valence-corrected chi connectivity index (χ3v) is 6.35. The second kappa shape index (κ2) is 9.78. The van der Waals surface area contributed by atoms with Gasteiger partial charge in [0.05, 0.1) is 35.2 Å². The zero-order valence-electron chi connectivity index (χ0n) is 19.3. The van der Waals surface area contributed by atoms with E-state index in [-0.39, 0.29) is 5.91 Å². The lowest BCUT2D eigenvalue weighted by atomic mass is 10.0. The fourth-order valence-electron chi connectivity index (χ4n) is 3.85. The number of anilines is 1. The molecule has 0 atom stereocenters. The number of ether oxygens (including phenoxy) is 1. The molecule has 0 spiro atoms. The largest absolute Gasteiger partial charge is 0.494 e. The number of halogens is 2. The van der Waals surface area contributed by atoms with Crippen molar-refractivity contribution in [2.75, 3.05) is 12.4 Å². The van der Waals surface area contributed by atoms with Gasteiger partial charge in [-0.1, -0.05) is 30.3 Å². The predicted octanol–water partition coefficient (Wildman–Crippen LogP) is 5.45. The number of hydrogen-bond donors (Lipinski definition) is 1. The maximum atomic E-state index is 13.2. The summed E-state index contributed by atoms with van der Waals surface area (Å²) < 4.78 is 33.1. The van der Waals surface area contributed by atoms with Crippen LogP contribution < -0.4 is 10.1 Å². The van der Waals surface area contributed by atoms with Crippen molar-refractivity contribution in [1.82, 2.24) is 24.7 Å². The summed E-state index contributed by atoms with van der Waals surface area (Å²) in [4.78, 5) is 26.2. The number of aromatic nitrogens is 5. The molecule has 36 heavy (non-hydrogen) atoms. The Morgan fingerprint density at radius 3 is 2.64 bits per heavy atom.